The quantitative estimate of drug-likeness (QED) is 0.557. The molecule has 96 valence electrons. The van der Waals surface area contributed by atoms with E-state index in [0.717, 1.165) is 0 Å². The monoisotopic (exact) mass is 254 g/mol. The molecular formula is C10H11BO7. The van der Waals surface area contributed by atoms with Crippen LogP contribution in [-0.4, -0.2) is 43.5 Å². The predicted octanol–water partition coefficient (Wildman–Crippen LogP) is -0.392. The predicted molar refractivity (Wildman–Crippen MR) is 59.9 cm³/mol. The molecule has 0 fully saturated rings. The van der Waals surface area contributed by atoms with Crippen molar-refractivity contribution in [3.8, 4) is 5.75 Å². The van der Waals surface area contributed by atoms with Crippen molar-refractivity contribution in [1.82, 2.24) is 0 Å². The fourth-order valence-corrected chi connectivity index (χ4v) is 1.26. The van der Waals surface area contributed by atoms with E-state index in [1.165, 1.54) is 32.4 Å². The highest BCUT2D eigenvalue weighted by Gasteiger charge is 2.17. The summed E-state index contributed by atoms with van der Waals surface area (Å²) in [5.41, 5.74) is 0.0482. The SMILES string of the molecule is COC(=O)c1cc(OB(O)O)cc(C(=O)OC)c1. The number of benzene rings is 1. The Bertz CT molecular complexity index is 423. The molecule has 2 N–H and O–H groups in total. The Kier molecular flexibility index (Phi) is 4.70. The number of carbonyl (C=O) groups excluding carboxylic acids is 2. The van der Waals surface area contributed by atoms with Crippen molar-refractivity contribution in [3.05, 3.63) is 29.3 Å². The summed E-state index contributed by atoms with van der Waals surface area (Å²) < 4.78 is 13.6. The first kappa shape index (κ1) is 14.0. The van der Waals surface area contributed by atoms with Crippen LogP contribution >= 0.6 is 0 Å². The minimum Gasteiger partial charge on any atom is -0.512 e. The van der Waals surface area contributed by atoms with Gasteiger partial charge < -0.3 is 24.2 Å². The van der Waals surface area contributed by atoms with Crippen LogP contribution in [0.1, 0.15) is 20.7 Å². The van der Waals surface area contributed by atoms with E-state index in [-0.39, 0.29) is 16.9 Å². The smallest absolute Gasteiger partial charge is 0.512 e. The van der Waals surface area contributed by atoms with Gasteiger partial charge >= 0.3 is 19.3 Å². The number of hydrogen-bond donors (Lipinski definition) is 2. The molecular weight excluding hydrogens is 243 g/mol. The number of carbonyl (C=O) groups is 2. The van der Waals surface area contributed by atoms with E-state index in [0.29, 0.717) is 0 Å². The van der Waals surface area contributed by atoms with Gasteiger partial charge in [-0.25, -0.2) is 9.59 Å². The molecule has 0 aliphatic rings. The first-order valence-corrected chi connectivity index (χ1v) is 4.82. The summed E-state index contributed by atoms with van der Waals surface area (Å²) in [5.74, 6) is -1.47. The van der Waals surface area contributed by atoms with Crippen molar-refractivity contribution >= 4 is 19.3 Å². The average molecular weight is 254 g/mol. The van der Waals surface area contributed by atoms with Crippen LogP contribution in [0, 0.1) is 0 Å². The molecule has 0 atom stereocenters. The summed E-state index contributed by atoms with van der Waals surface area (Å²) in [6.07, 6.45) is 0. The van der Waals surface area contributed by atoms with Crippen LogP contribution in [0.2, 0.25) is 0 Å². The Balaban J connectivity index is 3.19. The lowest BCUT2D eigenvalue weighted by molar-refractivity contribution is 0.0598. The molecule has 0 aromatic heterocycles. The van der Waals surface area contributed by atoms with Gasteiger partial charge in [0.2, 0.25) is 0 Å². The number of esters is 2. The van der Waals surface area contributed by atoms with Crippen molar-refractivity contribution in [3.63, 3.8) is 0 Å². The van der Waals surface area contributed by atoms with Crippen LogP contribution in [0.15, 0.2) is 18.2 Å². The maximum Gasteiger partial charge on any atom is 0.707 e. The van der Waals surface area contributed by atoms with Crippen molar-refractivity contribution < 1.29 is 33.8 Å². The highest BCUT2D eigenvalue weighted by atomic mass is 16.6. The summed E-state index contributed by atoms with van der Waals surface area (Å²) in [4.78, 5) is 22.7. The van der Waals surface area contributed by atoms with Crippen LogP contribution in [0.3, 0.4) is 0 Å². The molecule has 0 aliphatic carbocycles. The molecule has 0 saturated heterocycles. The van der Waals surface area contributed by atoms with Gasteiger partial charge in [0.15, 0.2) is 0 Å². The average Bonchev–Trinajstić information content (AvgIpc) is 2.35. The zero-order chi connectivity index (χ0) is 13.7. The molecule has 0 aliphatic heterocycles. The second kappa shape index (κ2) is 6.03. The van der Waals surface area contributed by atoms with Gasteiger partial charge in [-0.3, -0.25) is 0 Å². The first-order chi connectivity index (χ1) is 8.47. The molecule has 7 nitrogen and oxygen atoms in total. The summed E-state index contributed by atoms with van der Waals surface area (Å²) in [5, 5.41) is 17.4. The van der Waals surface area contributed by atoms with Gasteiger partial charge in [-0.2, -0.15) is 0 Å². The molecule has 0 amide bonds. The Morgan fingerprint density at radius 2 is 1.44 bits per heavy atom. The third-order valence-electron chi connectivity index (χ3n) is 1.99. The number of ether oxygens (including phenoxy) is 2. The molecule has 0 spiro atoms. The van der Waals surface area contributed by atoms with Crippen LogP contribution < -0.4 is 4.65 Å². The highest BCUT2D eigenvalue weighted by molar-refractivity contribution is 6.33. The molecule has 1 rings (SSSR count). The van der Waals surface area contributed by atoms with E-state index < -0.39 is 19.3 Å². The van der Waals surface area contributed by atoms with Gasteiger partial charge in [0.25, 0.3) is 0 Å². The number of methoxy groups -OCH3 is 2. The van der Waals surface area contributed by atoms with Crippen molar-refractivity contribution in [1.29, 1.82) is 0 Å². The van der Waals surface area contributed by atoms with Gasteiger partial charge in [-0.1, -0.05) is 0 Å². The van der Waals surface area contributed by atoms with Crippen LogP contribution in [-0.2, 0) is 9.47 Å². The third kappa shape index (κ3) is 3.47. The fourth-order valence-electron chi connectivity index (χ4n) is 1.26. The second-order valence-corrected chi connectivity index (χ2v) is 3.17. The van der Waals surface area contributed by atoms with Gasteiger partial charge in [0, 0.05) is 0 Å². The van der Waals surface area contributed by atoms with E-state index in [9.17, 15) is 9.59 Å². The summed E-state index contributed by atoms with van der Waals surface area (Å²) >= 11 is 0. The summed E-state index contributed by atoms with van der Waals surface area (Å²) in [7, 11) is 0.284. The van der Waals surface area contributed by atoms with E-state index in [4.69, 9.17) is 10.0 Å². The molecule has 0 heterocycles. The zero-order valence-corrected chi connectivity index (χ0v) is 9.75. The van der Waals surface area contributed by atoms with Crippen LogP contribution in [0.4, 0.5) is 0 Å². The maximum absolute atomic E-state index is 11.4. The van der Waals surface area contributed by atoms with Crippen LogP contribution in [0.5, 0.6) is 5.75 Å². The Labute approximate surface area is 103 Å². The lowest BCUT2D eigenvalue weighted by Gasteiger charge is -2.09. The molecule has 0 saturated carbocycles. The van der Waals surface area contributed by atoms with E-state index in [1.54, 1.807) is 0 Å². The second-order valence-electron chi connectivity index (χ2n) is 3.17. The van der Waals surface area contributed by atoms with Gasteiger partial charge in [0.1, 0.15) is 5.75 Å². The lowest BCUT2D eigenvalue weighted by atomic mass is 10.1. The van der Waals surface area contributed by atoms with Gasteiger partial charge in [0.05, 0.1) is 25.3 Å². The molecule has 1 aromatic rings. The Hall–Kier alpha value is -2.06. The summed E-state index contributed by atoms with van der Waals surface area (Å²) in [6.45, 7) is 0. The summed E-state index contributed by atoms with van der Waals surface area (Å²) in [6, 6.07) is 3.66. The topological polar surface area (TPSA) is 102 Å². The molecule has 0 unspecified atom stereocenters. The van der Waals surface area contributed by atoms with E-state index in [1.807, 2.05) is 0 Å². The number of rotatable bonds is 4. The van der Waals surface area contributed by atoms with Crippen LogP contribution in [0.25, 0.3) is 0 Å². The van der Waals surface area contributed by atoms with Gasteiger partial charge in [-0.05, 0) is 18.2 Å². The molecule has 1 aromatic carbocycles. The van der Waals surface area contributed by atoms with Gasteiger partial charge in [-0.15, -0.1) is 0 Å². The Morgan fingerprint density at radius 3 is 1.78 bits per heavy atom. The minimum absolute atomic E-state index is 0.0241. The Morgan fingerprint density at radius 1 is 1.00 bits per heavy atom. The van der Waals surface area contributed by atoms with Crippen molar-refractivity contribution in [2.45, 2.75) is 0 Å². The third-order valence-corrected chi connectivity index (χ3v) is 1.99. The maximum atomic E-state index is 11.4. The zero-order valence-electron chi connectivity index (χ0n) is 9.75. The highest BCUT2D eigenvalue weighted by Crippen LogP contribution is 2.19. The molecule has 18 heavy (non-hydrogen) atoms. The van der Waals surface area contributed by atoms with Crippen molar-refractivity contribution in [2.75, 3.05) is 14.2 Å². The van der Waals surface area contributed by atoms with E-state index in [2.05, 4.69) is 14.1 Å². The molecule has 8 heteroatoms. The molecule has 0 bridgehead atoms. The largest absolute Gasteiger partial charge is 0.707 e. The first-order valence-electron chi connectivity index (χ1n) is 4.82. The normalized spacial score (nSPS) is 9.56. The number of hydrogen-bond acceptors (Lipinski definition) is 7. The minimum atomic E-state index is -2.07. The van der Waals surface area contributed by atoms with E-state index >= 15 is 0 Å². The fraction of sp³-hybridized carbons (Fsp3) is 0.200. The standard InChI is InChI=1S/C10H11BO7/c1-16-9(12)6-3-7(10(13)17-2)5-8(4-6)18-11(14)15/h3-5,14-15H,1-2H3. The van der Waals surface area contributed by atoms with Crippen molar-refractivity contribution in [2.24, 2.45) is 0 Å². The lowest BCUT2D eigenvalue weighted by Crippen LogP contribution is -2.21. The molecule has 0 radical (unpaired) electrons.